The number of aryl methyl sites for hydroxylation is 1. The van der Waals surface area contributed by atoms with Crippen LogP contribution in [0.3, 0.4) is 0 Å². The molecule has 0 aliphatic carbocycles. The summed E-state index contributed by atoms with van der Waals surface area (Å²) in [7, 11) is 0. The van der Waals surface area contributed by atoms with Crippen molar-refractivity contribution in [1.29, 1.82) is 0 Å². The normalized spacial score (nSPS) is 26.9. The number of aliphatic hydroxyl groups is 1. The number of hydrogen-bond acceptors (Lipinski definition) is 4. The summed E-state index contributed by atoms with van der Waals surface area (Å²) in [6.45, 7) is 7.88. The van der Waals surface area contributed by atoms with Gasteiger partial charge in [0.15, 0.2) is 0 Å². The van der Waals surface area contributed by atoms with Crippen molar-refractivity contribution < 1.29 is 5.11 Å². The molecule has 3 N–H and O–H groups in total. The lowest BCUT2D eigenvalue weighted by Gasteiger charge is -2.43. The van der Waals surface area contributed by atoms with E-state index in [0.717, 1.165) is 46.5 Å². The molecule has 1 fully saturated rings. The Kier molecular flexibility index (Phi) is 3.85. The first-order valence-electron chi connectivity index (χ1n) is 8.84. The molecule has 5 heteroatoms. The van der Waals surface area contributed by atoms with E-state index in [-0.39, 0.29) is 11.8 Å². The highest BCUT2D eigenvalue weighted by molar-refractivity contribution is 5.94. The predicted octanol–water partition coefficient (Wildman–Crippen LogP) is 3.00. The van der Waals surface area contributed by atoms with Crippen LogP contribution in [0.5, 0.6) is 0 Å². The van der Waals surface area contributed by atoms with Crippen LogP contribution in [-0.4, -0.2) is 33.1 Å². The Labute approximate surface area is 147 Å². The molecule has 0 aromatic carbocycles. The standard InChI is InChI=1S/C20H24N4O/c1-12-8-24-19-18(12)16(6-7-22-19)17-5-4-15(11-23-17)20(25)13(2)9-21-10-14(20)3/h4-8,11,13-14,21,25H,9-10H2,1-3H3,(H,22,24)/t13-,14+,20-. The van der Waals surface area contributed by atoms with Gasteiger partial charge in [0.1, 0.15) is 5.65 Å². The van der Waals surface area contributed by atoms with Gasteiger partial charge >= 0.3 is 0 Å². The van der Waals surface area contributed by atoms with Gasteiger partial charge in [-0.3, -0.25) is 4.98 Å². The molecule has 1 saturated heterocycles. The third-order valence-electron chi connectivity index (χ3n) is 5.68. The zero-order valence-electron chi connectivity index (χ0n) is 14.9. The lowest BCUT2D eigenvalue weighted by molar-refractivity contribution is -0.0809. The monoisotopic (exact) mass is 336 g/mol. The van der Waals surface area contributed by atoms with Crippen LogP contribution in [0.15, 0.2) is 36.8 Å². The van der Waals surface area contributed by atoms with Crippen molar-refractivity contribution in [3.05, 3.63) is 47.9 Å². The molecule has 3 atom stereocenters. The summed E-state index contributed by atoms with van der Waals surface area (Å²) < 4.78 is 0. The Balaban J connectivity index is 1.76. The fourth-order valence-corrected chi connectivity index (χ4v) is 4.10. The second-order valence-electron chi connectivity index (χ2n) is 7.27. The van der Waals surface area contributed by atoms with Crippen molar-refractivity contribution in [3.8, 4) is 11.3 Å². The van der Waals surface area contributed by atoms with Gasteiger partial charge in [0, 0.05) is 60.0 Å². The van der Waals surface area contributed by atoms with Crippen LogP contribution in [0.25, 0.3) is 22.3 Å². The number of H-pyrrole nitrogens is 1. The molecule has 0 amide bonds. The fourth-order valence-electron chi connectivity index (χ4n) is 4.10. The van der Waals surface area contributed by atoms with E-state index >= 15 is 0 Å². The van der Waals surface area contributed by atoms with Gasteiger partial charge in [0.05, 0.1) is 11.3 Å². The average Bonchev–Trinajstić information content (AvgIpc) is 3.01. The van der Waals surface area contributed by atoms with E-state index in [1.165, 1.54) is 0 Å². The van der Waals surface area contributed by atoms with Crippen LogP contribution >= 0.6 is 0 Å². The summed E-state index contributed by atoms with van der Waals surface area (Å²) in [5, 5.41) is 15.8. The molecule has 4 heterocycles. The SMILES string of the molecule is Cc1c[nH]c2nccc(-c3ccc([C@@]4(O)[C@H](C)CNC[C@@H]4C)cn3)c12. The van der Waals surface area contributed by atoms with Crippen LogP contribution in [0.1, 0.15) is 25.0 Å². The van der Waals surface area contributed by atoms with Crippen molar-refractivity contribution in [2.75, 3.05) is 13.1 Å². The van der Waals surface area contributed by atoms with Crippen molar-refractivity contribution in [2.45, 2.75) is 26.4 Å². The largest absolute Gasteiger partial charge is 0.384 e. The van der Waals surface area contributed by atoms with Crippen molar-refractivity contribution >= 4 is 11.0 Å². The first-order chi connectivity index (χ1) is 12.0. The van der Waals surface area contributed by atoms with Crippen LogP contribution < -0.4 is 5.32 Å². The lowest BCUT2D eigenvalue weighted by Crippen LogP contribution is -2.52. The lowest BCUT2D eigenvalue weighted by atomic mass is 9.72. The molecule has 25 heavy (non-hydrogen) atoms. The van der Waals surface area contributed by atoms with Crippen LogP contribution in [0, 0.1) is 18.8 Å². The molecule has 3 aromatic rings. The first-order valence-corrected chi connectivity index (χ1v) is 8.84. The number of aromatic amines is 1. The highest BCUT2D eigenvalue weighted by atomic mass is 16.3. The minimum atomic E-state index is -0.839. The molecule has 4 rings (SSSR count). The molecule has 0 radical (unpaired) electrons. The van der Waals surface area contributed by atoms with Gasteiger partial charge in [0.25, 0.3) is 0 Å². The van der Waals surface area contributed by atoms with Gasteiger partial charge in [-0.2, -0.15) is 0 Å². The Hall–Kier alpha value is -2.24. The summed E-state index contributed by atoms with van der Waals surface area (Å²) in [6, 6.07) is 6.03. The van der Waals surface area contributed by atoms with Crippen molar-refractivity contribution in [3.63, 3.8) is 0 Å². The van der Waals surface area contributed by atoms with E-state index < -0.39 is 5.60 Å². The maximum atomic E-state index is 11.3. The molecular weight excluding hydrogens is 312 g/mol. The number of fused-ring (bicyclic) bond motifs is 1. The smallest absolute Gasteiger partial charge is 0.138 e. The van der Waals surface area contributed by atoms with Crippen molar-refractivity contribution in [1.82, 2.24) is 20.3 Å². The average molecular weight is 336 g/mol. The van der Waals surface area contributed by atoms with Gasteiger partial charge in [-0.15, -0.1) is 0 Å². The molecule has 1 aliphatic heterocycles. The second-order valence-corrected chi connectivity index (χ2v) is 7.27. The highest BCUT2D eigenvalue weighted by Gasteiger charge is 2.43. The quantitative estimate of drug-likeness (QED) is 0.672. The minimum absolute atomic E-state index is 0.142. The zero-order chi connectivity index (χ0) is 17.6. The molecule has 3 aromatic heterocycles. The first kappa shape index (κ1) is 16.2. The number of piperidine rings is 1. The molecule has 1 aliphatic rings. The molecule has 0 bridgehead atoms. The predicted molar refractivity (Wildman–Crippen MR) is 99.2 cm³/mol. The Morgan fingerprint density at radius 3 is 2.56 bits per heavy atom. The summed E-state index contributed by atoms with van der Waals surface area (Å²) in [6.07, 6.45) is 5.60. The Bertz CT molecular complexity index is 890. The molecule has 0 spiro atoms. The second kappa shape index (κ2) is 5.93. The Morgan fingerprint density at radius 2 is 1.88 bits per heavy atom. The van der Waals surface area contributed by atoms with Crippen LogP contribution in [-0.2, 0) is 5.60 Å². The Morgan fingerprint density at radius 1 is 1.12 bits per heavy atom. The van der Waals surface area contributed by atoms with Crippen LogP contribution in [0.2, 0.25) is 0 Å². The van der Waals surface area contributed by atoms with Gasteiger partial charge in [0.2, 0.25) is 0 Å². The molecule has 0 unspecified atom stereocenters. The summed E-state index contributed by atoms with van der Waals surface area (Å²) >= 11 is 0. The number of aromatic nitrogens is 3. The third-order valence-corrected chi connectivity index (χ3v) is 5.68. The van der Waals surface area contributed by atoms with E-state index in [1.807, 2.05) is 30.6 Å². The molecule has 130 valence electrons. The van der Waals surface area contributed by atoms with E-state index in [1.54, 1.807) is 6.20 Å². The zero-order valence-corrected chi connectivity index (χ0v) is 14.9. The number of rotatable bonds is 2. The van der Waals surface area contributed by atoms with E-state index in [0.29, 0.717) is 0 Å². The molecular formula is C20H24N4O. The maximum absolute atomic E-state index is 11.3. The van der Waals surface area contributed by atoms with Crippen LogP contribution in [0.4, 0.5) is 0 Å². The number of nitrogens with one attached hydrogen (secondary N) is 2. The third kappa shape index (κ3) is 2.46. The molecule has 5 nitrogen and oxygen atoms in total. The van der Waals surface area contributed by atoms with E-state index in [4.69, 9.17) is 0 Å². The van der Waals surface area contributed by atoms with E-state index in [2.05, 4.69) is 41.0 Å². The van der Waals surface area contributed by atoms with Gasteiger partial charge in [-0.25, -0.2) is 4.98 Å². The van der Waals surface area contributed by atoms with Gasteiger partial charge in [-0.05, 0) is 24.6 Å². The van der Waals surface area contributed by atoms with Gasteiger partial charge < -0.3 is 15.4 Å². The maximum Gasteiger partial charge on any atom is 0.138 e. The van der Waals surface area contributed by atoms with Gasteiger partial charge in [-0.1, -0.05) is 19.9 Å². The topological polar surface area (TPSA) is 73.8 Å². The number of hydrogen-bond donors (Lipinski definition) is 3. The summed E-state index contributed by atoms with van der Waals surface area (Å²) in [4.78, 5) is 12.3. The molecule has 0 saturated carbocycles. The summed E-state index contributed by atoms with van der Waals surface area (Å²) in [5.41, 5.74) is 4.05. The number of nitrogens with zero attached hydrogens (tertiary/aromatic N) is 2. The van der Waals surface area contributed by atoms with Crippen molar-refractivity contribution in [2.24, 2.45) is 11.8 Å². The summed E-state index contributed by atoms with van der Waals surface area (Å²) in [5.74, 6) is 0.284. The fraction of sp³-hybridized carbons (Fsp3) is 0.400. The highest BCUT2D eigenvalue weighted by Crippen LogP contribution is 2.39. The van der Waals surface area contributed by atoms with E-state index in [9.17, 15) is 5.11 Å². The number of pyridine rings is 2. The minimum Gasteiger partial charge on any atom is -0.384 e.